The lowest BCUT2D eigenvalue weighted by molar-refractivity contribution is -0.152. The van der Waals surface area contributed by atoms with E-state index in [9.17, 15) is 18.3 Å². The Labute approximate surface area is 107 Å². The molecule has 18 heavy (non-hydrogen) atoms. The van der Waals surface area contributed by atoms with Crippen LogP contribution in [0.25, 0.3) is 0 Å². The number of rotatable bonds is 8. The molecule has 0 saturated heterocycles. The van der Waals surface area contributed by atoms with Crippen molar-refractivity contribution < 1.29 is 18.3 Å². The van der Waals surface area contributed by atoms with Gasteiger partial charge in [-0.3, -0.25) is 4.90 Å². The number of hydrogen-bond acceptors (Lipinski definition) is 3. The highest BCUT2D eigenvalue weighted by atomic mass is 19.4. The van der Waals surface area contributed by atoms with E-state index in [2.05, 4.69) is 5.32 Å². The van der Waals surface area contributed by atoms with Crippen LogP contribution in [0.4, 0.5) is 13.2 Å². The van der Waals surface area contributed by atoms with Gasteiger partial charge in [0.25, 0.3) is 0 Å². The summed E-state index contributed by atoms with van der Waals surface area (Å²) in [7, 11) is 0. The summed E-state index contributed by atoms with van der Waals surface area (Å²) >= 11 is 0. The fourth-order valence-corrected chi connectivity index (χ4v) is 1.56. The van der Waals surface area contributed by atoms with Gasteiger partial charge in [-0.1, -0.05) is 13.8 Å². The molecule has 0 bridgehead atoms. The zero-order valence-corrected chi connectivity index (χ0v) is 11.6. The lowest BCUT2D eigenvalue weighted by atomic mass is 10.2. The number of alkyl halides is 3. The molecule has 3 nitrogen and oxygen atoms in total. The predicted octanol–water partition coefficient (Wildman–Crippen LogP) is 1.87. The normalized spacial score (nSPS) is 14.8. The maximum Gasteiger partial charge on any atom is 0.401 e. The SMILES string of the molecule is CC(C)CNCC(O)CN(CC(F)(F)F)C(C)C. The van der Waals surface area contributed by atoms with Crippen molar-refractivity contribution in [2.24, 2.45) is 5.92 Å². The molecule has 0 saturated carbocycles. The Kier molecular flexibility index (Phi) is 7.82. The Hall–Kier alpha value is -0.330. The molecule has 0 radical (unpaired) electrons. The van der Waals surface area contributed by atoms with Gasteiger partial charge in [0, 0.05) is 19.1 Å². The first-order valence-corrected chi connectivity index (χ1v) is 6.31. The second kappa shape index (κ2) is 7.96. The highest BCUT2D eigenvalue weighted by Crippen LogP contribution is 2.18. The van der Waals surface area contributed by atoms with E-state index in [4.69, 9.17) is 0 Å². The van der Waals surface area contributed by atoms with Crippen molar-refractivity contribution in [3.63, 3.8) is 0 Å². The lowest BCUT2D eigenvalue weighted by Gasteiger charge is -2.29. The van der Waals surface area contributed by atoms with Gasteiger partial charge in [-0.25, -0.2) is 0 Å². The smallest absolute Gasteiger partial charge is 0.390 e. The zero-order valence-electron chi connectivity index (χ0n) is 11.6. The molecule has 1 atom stereocenters. The molecule has 110 valence electrons. The average Bonchev–Trinajstić information content (AvgIpc) is 2.13. The van der Waals surface area contributed by atoms with Crippen LogP contribution in [0.5, 0.6) is 0 Å². The van der Waals surface area contributed by atoms with E-state index < -0.39 is 18.8 Å². The molecule has 0 amide bonds. The second-order valence-electron chi connectivity index (χ2n) is 5.34. The van der Waals surface area contributed by atoms with Crippen molar-refractivity contribution in [1.29, 1.82) is 0 Å². The van der Waals surface area contributed by atoms with E-state index in [1.807, 2.05) is 13.8 Å². The van der Waals surface area contributed by atoms with E-state index in [1.54, 1.807) is 13.8 Å². The first-order chi connectivity index (χ1) is 8.11. The highest BCUT2D eigenvalue weighted by Gasteiger charge is 2.32. The van der Waals surface area contributed by atoms with E-state index in [0.717, 1.165) is 6.54 Å². The Morgan fingerprint density at radius 3 is 2.06 bits per heavy atom. The summed E-state index contributed by atoms with van der Waals surface area (Å²) in [6.07, 6.45) is -5.01. The molecule has 0 aliphatic carbocycles. The predicted molar refractivity (Wildman–Crippen MR) is 66.5 cm³/mol. The zero-order chi connectivity index (χ0) is 14.3. The topological polar surface area (TPSA) is 35.5 Å². The van der Waals surface area contributed by atoms with E-state index >= 15 is 0 Å². The average molecular weight is 270 g/mol. The van der Waals surface area contributed by atoms with Crippen LogP contribution in [-0.2, 0) is 0 Å². The summed E-state index contributed by atoms with van der Waals surface area (Å²) in [5.41, 5.74) is 0. The minimum atomic E-state index is -4.23. The number of aliphatic hydroxyl groups is 1. The maximum absolute atomic E-state index is 12.3. The number of nitrogens with one attached hydrogen (secondary N) is 1. The number of aliphatic hydroxyl groups excluding tert-OH is 1. The van der Waals surface area contributed by atoms with Gasteiger partial charge in [-0.2, -0.15) is 13.2 Å². The number of halogens is 3. The van der Waals surface area contributed by atoms with Crippen molar-refractivity contribution in [3.05, 3.63) is 0 Å². The summed E-state index contributed by atoms with van der Waals surface area (Å²) in [6, 6.07) is -0.244. The van der Waals surface area contributed by atoms with E-state index in [-0.39, 0.29) is 12.6 Å². The fraction of sp³-hybridized carbons (Fsp3) is 1.00. The van der Waals surface area contributed by atoms with Crippen LogP contribution in [0.3, 0.4) is 0 Å². The van der Waals surface area contributed by atoms with Crippen molar-refractivity contribution in [3.8, 4) is 0 Å². The van der Waals surface area contributed by atoms with Crippen LogP contribution in [0, 0.1) is 5.92 Å². The molecule has 0 spiro atoms. The monoisotopic (exact) mass is 270 g/mol. The summed E-state index contributed by atoms with van der Waals surface area (Å²) in [6.45, 7) is 7.57. The van der Waals surface area contributed by atoms with Crippen molar-refractivity contribution in [1.82, 2.24) is 10.2 Å². The van der Waals surface area contributed by atoms with E-state index in [0.29, 0.717) is 12.5 Å². The van der Waals surface area contributed by atoms with E-state index in [1.165, 1.54) is 4.90 Å². The standard InChI is InChI=1S/C12H25F3N2O/c1-9(2)5-16-6-11(18)7-17(10(3)4)8-12(13,14)15/h9-11,16,18H,5-8H2,1-4H3. The summed E-state index contributed by atoms with van der Waals surface area (Å²) < 4.78 is 37.0. The summed E-state index contributed by atoms with van der Waals surface area (Å²) in [5, 5.41) is 12.7. The Bertz CT molecular complexity index is 220. The molecule has 0 fully saturated rings. The molecule has 0 aliphatic rings. The number of nitrogens with zero attached hydrogens (tertiary/aromatic N) is 1. The van der Waals surface area contributed by atoms with Crippen molar-refractivity contribution >= 4 is 0 Å². The van der Waals surface area contributed by atoms with Gasteiger partial charge in [0.15, 0.2) is 0 Å². The highest BCUT2D eigenvalue weighted by molar-refractivity contribution is 4.72. The van der Waals surface area contributed by atoms with Crippen LogP contribution in [-0.4, -0.2) is 54.5 Å². The van der Waals surface area contributed by atoms with Gasteiger partial charge in [-0.05, 0) is 26.3 Å². The third-order valence-corrected chi connectivity index (χ3v) is 2.49. The van der Waals surface area contributed by atoms with Gasteiger partial charge in [-0.15, -0.1) is 0 Å². The first kappa shape index (κ1) is 17.7. The molecule has 0 aromatic carbocycles. The summed E-state index contributed by atoms with van der Waals surface area (Å²) in [5.74, 6) is 0.452. The molecule has 0 rings (SSSR count). The van der Waals surface area contributed by atoms with Crippen molar-refractivity contribution in [2.75, 3.05) is 26.2 Å². The quantitative estimate of drug-likeness (QED) is 0.707. The van der Waals surface area contributed by atoms with Crippen LogP contribution in [0.1, 0.15) is 27.7 Å². The minimum Gasteiger partial charge on any atom is -0.390 e. The Balaban J connectivity index is 4.08. The summed E-state index contributed by atoms with van der Waals surface area (Å²) in [4.78, 5) is 1.24. The second-order valence-corrected chi connectivity index (χ2v) is 5.34. The van der Waals surface area contributed by atoms with Gasteiger partial charge >= 0.3 is 6.18 Å². The van der Waals surface area contributed by atoms with Crippen LogP contribution >= 0.6 is 0 Å². The fourth-order valence-electron chi connectivity index (χ4n) is 1.56. The maximum atomic E-state index is 12.3. The lowest BCUT2D eigenvalue weighted by Crippen LogP contribution is -2.46. The molecule has 1 unspecified atom stereocenters. The molecular weight excluding hydrogens is 245 g/mol. The molecule has 2 N–H and O–H groups in total. The molecule has 0 aromatic heterocycles. The molecule has 6 heteroatoms. The van der Waals surface area contributed by atoms with Gasteiger partial charge in [0.1, 0.15) is 0 Å². The largest absolute Gasteiger partial charge is 0.401 e. The van der Waals surface area contributed by atoms with Crippen LogP contribution in [0.15, 0.2) is 0 Å². The Morgan fingerprint density at radius 1 is 1.11 bits per heavy atom. The van der Waals surface area contributed by atoms with Gasteiger partial charge in [0.2, 0.25) is 0 Å². The molecular formula is C12H25F3N2O. The molecule has 0 aliphatic heterocycles. The Morgan fingerprint density at radius 2 is 1.67 bits per heavy atom. The first-order valence-electron chi connectivity index (χ1n) is 6.31. The van der Waals surface area contributed by atoms with Gasteiger partial charge < -0.3 is 10.4 Å². The minimum absolute atomic E-state index is 0.0300. The molecule has 0 aromatic rings. The third-order valence-electron chi connectivity index (χ3n) is 2.49. The third kappa shape index (κ3) is 9.67. The number of hydrogen-bond donors (Lipinski definition) is 2. The van der Waals surface area contributed by atoms with Crippen molar-refractivity contribution in [2.45, 2.75) is 46.0 Å². The van der Waals surface area contributed by atoms with Crippen LogP contribution < -0.4 is 5.32 Å². The van der Waals surface area contributed by atoms with Gasteiger partial charge in [0.05, 0.1) is 12.6 Å². The van der Waals surface area contributed by atoms with Crippen LogP contribution in [0.2, 0.25) is 0 Å². The molecule has 0 heterocycles.